The van der Waals surface area contributed by atoms with E-state index >= 15 is 0 Å². The minimum Gasteiger partial charge on any atom is -0.396 e. The molecule has 4 nitrogen and oxygen atoms in total. The summed E-state index contributed by atoms with van der Waals surface area (Å²) < 4.78 is 52.8. The molecular weight excluding hydrogens is 354 g/mol. The molecule has 0 aliphatic carbocycles. The fourth-order valence-electron chi connectivity index (χ4n) is 1.45. The second-order valence-corrected chi connectivity index (χ2v) is 6.45. The summed E-state index contributed by atoms with van der Waals surface area (Å²) in [4.78, 5) is -0.277. The van der Waals surface area contributed by atoms with Crippen LogP contribution in [0.1, 0.15) is 0 Å². The van der Waals surface area contributed by atoms with E-state index in [1.807, 2.05) is 0 Å². The summed E-state index contributed by atoms with van der Waals surface area (Å²) in [5, 5.41) is 0. The molecule has 0 aliphatic rings. The molecule has 20 heavy (non-hydrogen) atoms. The Bertz CT molecular complexity index is 766. The summed E-state index contributed by atoms with van der Waals surface area (Å²) in [5.74, 6) is -1.34. The lowest BCUT2D eigenvalue weighted by molar-refractivity contribution is 0.596. The molecule has 0 heterocycles. The van der Waals surface area contributed by atoms with E-state index in [0.29, 0.717) is 0 Å². The molecule has 106 valence electrons. The Morgan fingerprint density at radius 2 is 1.80 bits per heavy atom. The maximum atomic E-state index is 13.3. The summed E-state index contributed by atoms with van der Waals surface area (Å²) in [6.45, 7) is 0. The Hall–Kier alpha value is -1.67. The van der Waals surface area contributed by atoms with E-state index in [9.17, 15) is 17.2 Å². The van der Waals surface area contributed by atoms with Crippen LogP contribution in [-0.4, -0.2) is 8.42 Å². The Balaban J connectivity index is 2.38. The van der Waals surface area contributed by atoms with Crippen molar-refractivity contribution in [2.75, 3.05) is 10.5 Å². The average Bonchev–Trinajstić information content (AvgIpc) is 2.36. The first-order valence-electron chi connectivity index (χ1n) is 5.32. The molecule has 0 fully saturated rings. The molecule has 2 aromatic carbocycles. The van der Waals surface area contributed by atoms with Gasteiger partial charge in [0.25, 0.3) is 10.0 Å². The van der Waals surface area contributed by atoms with Crippen LogP contribution in [0.2, 0.25) is 0 Å². The van der Waals surface area contributed by atoms with Crippen molar-refractivity contribution in [1.29, 1.82) is 0 Å². The molecule has 0 aromatic heterocycles. The number of rotatable bonds is 3. The Morgan fingerprint density at radius 1 is 1.10 bits per heavy atom. The fourth-order valence-corrected chi connectivity index (χ4v) is 3.12. The van der Waals surface area contributed by atoms with Crippen molar-refractivity contribution < 1.29 is 17.2 Å². The standard InChI is InChI=1S/C12H9BrF2N2O2S/c13-9-5-7(14)1-4-12(9)17-20(18,19)8-2-3-11(16)10(15)6-8/h1-6,17H,16H2. The van der Waals surface area contributed by atoms with Crippen molar-refractivity contribution in [3.63, 3.8) is 0 Å². The van der Waals surface area contributed by atoms with Gasteiger partial charge in [-0.05, 0) is 52.3 Å². The predicted octanol–water partition coefficient (Wildman–Crippen LogP) is 3.11. The van der Waals surface area contributed by atoms with Crippen LogP contribution in [0.5, 0.6) is 0 Å². The van der Waals surface area contributed by atoms with E-state index in [4.69, 9.17) is 5.73 Å². The average molecular weight is 363 g/mol. The van der Waals surface area contributed by atoms with Gasteiger partial charge in [-0.25, -0.2) is 17.2 Å². The van der Waals surface area contributed by atoms with Crippen molar-refractivity contribution >= 4 is 37.3 Å². The Kier molecular flexibility index (Phi) is 3.96. The number of anilines is 2. The third-order valence-electron chi connectivity index (χ3n) is 2.46. The third kappa shape index (κ3) is 3.07. The highest BCUT2D eigenvalue weighted by molar-refractivity contribution is 9.10. The molecule has 0 radical (unpaired) electrons. The van der Waals surface area contributed by atoms with Crippen molar-refractivity contribution in [1.82, 2.24) is 0 Å². The first-order valence-corrected chi connectivity index (χ1v) is 7.60. The van der Waals surface area contributed by atoms with Gasteiger partial charge in [-0.15, -0.1) is 0 Å². The summed E-state index contributed by atoms with van der Waals surface area (Å²) in [5.41, 5.74) is 5.28. The van der Waals surface area contributed by atoms with Crippen LogP contribution in [0.3, 0.4) is 0 Å². The molecule has 8 heteroatoms. The van der Waals surface area contributed by atoms with Gasteiger partial charge < -0.3 is 5.73 Å². The molecule has 2 rings (SSSR count). The van der Waals surface area contributed by atoms with E-state index in [-0.39, 0.29) is 20.7 Å². The summed E-state index contributed by atoms with van der Waals surface area (Å²) >= 11 is 3.04. The van der Waals surface area contributed by atoms with Gasteiger partial charge in [0, 0.05) is 4.47 Å². The van der Waals surface area contributed by atoms with Crippen molar-refractivity contribution in [3.05, 3.63) is 52.5 Å². The summed E-state index contributed by atoms with van der Waals surface area (Å²) in [7, 11) is -3.99. The molecule has 3 N–H and O–H groups in total. The topological polar surface area (TPSA) is 72.2 Å². The van der Waals surface area contributed by atoms with E-state index in [2.05, 4.69) is 20.7 Å². The maximum absolute atomic E-state index is 13.3. The molecule has 2 aromatic rings. The smallest absolute Gasteiger partial charge is 0.262 e. The van der Waals surface area contributed by atoms with Crippen LogP contribution in [0.15, 0.2) is 45.8 Å². The maximum Gasteiger partial charge on any atom is 0.262 e. The number of nitrogens with two attached hydrogens (primary N) is 1. The number of benzene rings is 2. The first-order chi connectivity index (χ1) is 9.29. The van der Waals surface area contributed by atoms with Gasteiger partial charge in [0.2, 0.25) is 0 Å². The van der Waals surface area contributed by atoms with Gasteiger partial charge in [-0.1, -0.05) is 0 Å². The van der Waals surface area contributed by atoms with E-state index in [1.165, 1.54) is 12.1 Å². The highest BCUT2D eigenvalue weighted by atomic mass is 79.9. The monoisotopic (exact) mass is 362 g/mol. The predicted molar refractivity (Wildman–Crippen MR) is 75.7 cm³/mol. The number of nitrogen functional groups attached to an aromatic ring is 1. The zero-order valence-electron chi connectivity index (χ0n) is 9.90. The molecule has 0 unspecified atom stereocenters. The normalized spacial score (nSPS) is 11.3. The largest absolute Gasteiger partial charge is 0.396 e. The van der Waals surface area contributed by atoms with Gasteiger partial charge >= 0.3 is 0 Å². The van der Waals surface area contributed by atoms with Crippen LogP contribution in [0, 0.1) is 11.6 Å². The van der Waals surface area contributed by atoms with Crippen LogP contribution in [0.4, 0.5) is 20.2 Å². The summed E-state index contributed by atoms with van der Waals surface area (Å²) in [6.07, 6.45) is 0. The number of halogens is 3. The molecule has 0 atom stereocenters. The van der Waals surface area contributed by atoms with Gasteiger partial charge in [0.15, 0.2) is 0 Å². The van der Waals surface area contributed by atoms with Crippen LogP contribution in [-0.2, 0) is 10.0 Å². The molecular formula is C12H9BrF2N2O2S. The van der Waals surface area contributed by atoms with Crippen molar-refractivity contribution in [3.8, 4) is 0 Å². The zero-order valence-corrected chi connectivity index (χ0v) is 12.3. The molecule has 0 saturated carbocycles. The van der Waals surface area contributed by atoms with E-state index in [1.54, 1.807) is 0 Å². The lowest BCUT2D eigenvalue weighted by atomic mass is 10.3. The zero-order chi connectivity index (χ0) is 14.9. The minimum absolute atomic E-state index is 0.142. The Labute approximate surface area is 122 Å². The lowest BCUT2D eigenvalue weighted by Gasteiger charge is -2.10. The lowest BCUT2D eigenvalue weighted by Crippen LogP contribution is -2.14. The molecule has 0 saturated heterocycles. The number of sulfonamides is 1. The van der Waals surface area contributed by atoms with Gasteiger partial charge in [-0.3, -0.25) is 4.72 Å². The highest BCUT2D eigenvalue weighted by Crippen LogP contribution is 2.26. The second-order valence-electron chi connectivity index (χ2n) is 3.91. The molecule has 0 spiro atoms. The van der Waals surface area contributed by atoms with E-state index in [0.717, 1.165) is 24.3 Å². The van der Waals surface area contributed by atoms with Crippen LogP contribution >= 0.6 is 15.9 Å². The van der Waals surface area contributed by atoms with Gasteiger partial charge in [0.05, 0.1) is 16.3 Å². The highest BCUT2D eigenvalue weighted by Gasteiger charge is 2.17. The fraction of sp³-hybridized carbons (Fsp3) is 0. The van der Waals surface area contributed by atoms with Crippen molar-refractivity contribution in [2.24, 2.45) is 0 Å². The molecule has 0 bridgehead atoms. The molecule has 0 amide bonds. The van der Waals surface area contributed by atoms with Gasteiger partial charge in [0.1, 0.15) is 11.6 Å². The van der Waals surface area contributed by atoms with Crippen LogP contribution < -0.4 is 10.5 Å². The second kappa shape index (κ2) is 5.37. The summed E-state index contributed by atoms with van der Waals surface area (Å²) in [6, 6.07) is 6.62. The SMILES string of the molecule is Nc1ccc(S(=O)(=O)Nc2ccc(F)cc2Br)cc1F. The third-order valence-corrected chi connectivity index (χ3v) is 4.48. The Morgan fingerprint density at radius 3 is 2.40 bits per heavy atom. The first kappa shape index (κ1) is 14.7. The molecule has 0 aliphatic heterocycles. The van der Waals surface area contributed by atoms with Crippen LogP contribution in [0.25, 0.3) is 0 Å². The minimum atomic E-state index is -3.99. The number of hydrogen-bond acceptors (Lipinski definition) is 3. The number of hydrogen-bond donors (Lipinski definition) is 2. The quantitative estimate of drug-likeness (QED) is 0.824. The van der Waals surface area contributed by atoms with Gasteiger partial charge in [-0.2, -0.15) is 0 Å². The van der Waals surface area contributed by atoms with E-state index < -0.39 is 21.7 Å². The van der Waals surface area contributed by atoms with Crippen molar-refractivity contribution in [2.45, 2.75) is 4.90 Å². The number of nitrogens with one attached hydrogen (secondary N) is 1.